The summed E-state index contributed by atoms with van der Waals surface area (Å²) in [6, 6.07) is 8.78. The van der Waals surface area contributed by atoms with Crippen molar-refractivity contribution in [1.82, 2.24) is 20.2 Å². The second kappa shape index (κ2) is 8.35. The summed E-state index contributed by atoms with van der Waals surface area (Å²) in [5.74, 6) is -0.286. The summed E-state index contributed by atoms with van der Waals surface area (Å²) in [6.07, 6.45) is 7.45. The Morgan fingerprint density at radius 3 is 2.86 bits per heavy atom. The molecule has 3 N–H and O–H groups in total. The van der Waals surface area contributed by atoms with Gasteiger partial charge in [0.05, 0.1) is 0 Å². The Kier molecular flexibility index (Phi) is 5.65. The van der Waals surface area contributed by atoms with Crippen LogP contribution in [0.4, 0.5) is 4.39 Å². The van der Waals surface area contributed by atoms with E-state index in [0.29, 0.717) is 17.3 Å². The average molecular weight is 412 g/mol. The lowest BCUT2D eigenvalue weighted by molar-refractivity contribution is 0.244. The van der Waals surface area contributed by atoms with Gasteiger partial charge in [-0.15, -0.1) is 0 Å². The molecule has 3 heterocycles. The van der Waals surface area contributed by atoms with Crippen molar-refractivity contribution in [1.29, 1.82) is 5.41 Å². The van der Waals surface area contributed by atoms with E-state index in [4.69, 9.17) is 17.0 Å². The first-order chi connectivity index (χ1) is 14.0. The lowest BCUT2D eigenvalue weighted by Gasteiger charge is -2.29. The molecular formula is C22H23ClFN5. The molecule has 0 radical (unpaired) electrons. The normalized spacial score (nSPS) is 16.3. The molecule has 5 nitrogen and oxygen atoms in total. The van der Waals surface area contributed by atoms with Crippen LogP contribution in [-0.2, 0) is 0 Å². The van der Waals surface area contributed by atoms with Gasteiger partial charge in [-0.2, -0.15) is 0 Å². The zero-order valence-electron chi connectivity index (χ0n) is 16.2. The van der Waals surface area contributed by atoms with E-state index in [1.807, 2.05) is 24.5 Å². The van der Waals surface area contributed by atoms with Crippen LogP contribution in [0.2, 0.25) is 0 Å². The van der Waals surface area contributed by atoms with Crippen LogP contribution in [-0.4, -0.2) is 46.2 Å². The fraction of sp³-hybridized carbons (Fsp3) is 0.273. The first-order valence-corrected chi connectivity index (χ1v) is 10.0. The van der Waals surface area contributed by atoms with Gasteiger partial charge in [0.25, 0.3) is 0 Å². The van der Waals surface area contributed by atoms with Crippen molar-refractivity contribution in [2.45, 2.75) is 18.9 Å². The second-order valence-electron chi connectivity index (χ2n) is 7.45. The van der Waals surface area contributed by atoms with E-state index < -0.39 is 0 Å². The molecule has 3 aromatic rings. The van der Waals surface area contributed by atoms with Crippen molar-refractivity contribution in [3.8, 4) is 11.1 Å². The van der Waals surface area contributed by atoms with Gasteiger partial charge in [-0.1, -0.05) is 23.7 Å². The summed E-state index contributed by atoms with van der Waals surface area (Å²) in [5, 5.41) is 12.2. The van der Waals surface area contributed by atoms with Crippen LogP contribution in [0.1, 0.15) is 18.4 Å². The molecule has 1 aromatic carbocycles. The fourth-order valence-electron chi connectivity index (χ4n) is 3.70. The van der Waals surface area contributed by atoms with Gasteiger partial charge >= 0.3 is 0 Å². The number of allylic oxidation sites excluding steroid dienone is 1. The first-order valence-electron chi connectivity index (χ1n) is 9.64. The highest BCUT2D eigenvalue weighted by Gasteiger charge is 2.17. The third-order valence-corrected chi connectivity index (χ3v) is 5.60. The number of aromatic nitrogens is 2. The van der Waals surface area contributed by atoms with Crippen LogP contribution in [0.3, 0.4) is 0 Å². The molecule has 7 heteroatoms. The number of halogens is 2. The number of likely N-dealkylation sites (tertiary alicyclic amines) is 1. The van der Waals surface area contributed by atoms with E-state index in [1.54, 1.807) is 12.3 Å². The number of hydrogen-bond donors (Lipinski definition) is 3. The van der Waals surface area contributed by atoms with Crippen molar-refractivity contribution < 1.29 is 4.39 Å². The maximum Gasteiger partial charge on any atom is 0.137 e. The van der Waals surface area contributed by atoms with Crippen LogP contribution < -0.4 is 5.32 Å². The zero-order chi connectivity index (χ0) is 20.4. The topological polar surface area (TPSA) is 67.8 Å². The van der Waals surface area contributed by atoms with Crippen LogP contribution in [0.15, 0.2) is 48.9 Å². The van der Waals surface area contributed by atoms with E-state index in [9.17, 15) is 4.39 Å². The molecule has 1 aliphatic heterocycles. The average Bonchev–Trinajstić information content (AvgIpc) is 3.13. The quantitative estimate of drug-likeness (QED) is 0.537. The molecule has 1 aliphatic rings. The largest absolute Gasteiger partial charge is 0.387 e. The number of hydrogen-bond acceptors (Lipinski definition) is 4. The maximum absolute atomic E-state index is 13.7. The summed E-state index contributed by atoms with van der Waals surface area (Å²) >= 11 is 6.10. The Balaban J connectivity index is 1.66. The highest BCUT2D eigenvalue weighted by Crippen LogP contribution is 2.30. The molecule has 0 amide bonds. The molecule has 0 spiro atoms. The Morgan fingerprint density at radius 2 is 2.14 bits per heavy atom. The summed E-state index contributed by atoms with van der Waals surface area (Å²) in [4.78, 5) is 9.92. The Labute approximate surface area is 174 Å². The molecule has 0 aliphatic carbocycles. The number of H-pyrrole nitrogens is 1. The molecule has 1 saturated heterocycles. The van der Waals surface area contributed by atoms with Crippen LogP contribution in [0, 0.1) is 11.2 Å². The molecule has 0 unspecified atom stereocenters. The summed E-state index contributed by atoms with van der Waals surface area (Å²) < 4.78 is 13.7. The number of nitrogens with zero attached hydrogens (tertiary/aromatic N) is 2. The van der Waals surface area contributed by atoms with E-state index in [1.165, 1.54) is 12.1 Å². The Hall–Kier alpha value is -2.70. The minimum absolute atomic E-state index is 0.0468. The fourth-order valence-corrected chi connectivity index (χ4v) is 3.86. The second-order valence-corrected chi connectivity index (χ2v) is 7.83. The van der Waals surface area contributed by atoms with E-state index >= 15 is 0 Å². The minimum atomic E-state index is -0.286. The van der Waals surface area contributed by atoms with Gasteiger partial charge in [-0.25, -0.2) is 9.37 Å². The molecule has 1 fully saturated rings. The monoisotopic (exact) mass is 411 g/mol. The minimum Gasteiger partial charge on any atom is -0.387 e. The first kappa shape index (κ1) is 19.6. The van der Waals surface area contributed by atoms with E-state index in [-0.39, 0.29) is 11.0 Å². The highest BCUT2D eigenvalue weighted by molar-refractivity contribution is 6.75. The summed E-state index contributed by atoms with van der Waals surface area (Å²) in [6.45, 7) is 2.10. The third-order valence-electron chi connectivity index (χ3n) is 5.40. The lowest BCUT2D eigenvalue weighted by atomic mass is 10.0. The van der Waals surface area contributed by atoms with E-state index in [0.717, 1.165) is 48.0 Å². The van der Waals surface area contributed by atoms with Gasteiger partial charge in [0.15, 0.2) is 0 Å². The zero-order valence-corrected chi connectivity index (χ0v) is 16.9. The van der Waals surface area contributed by atoms with Crippen molar-refractivity contribution in [3.05, 3.63) is 60.3 Å². The van der Waals surface area contributed by atoms with Gasteiger partial charge in [-0.05, 0) is 56.7 Å². The van der Waals surface area contributed by atoms with Crippen molar-refractivity contribution in [3.63, 3.8) is 0 Å². The molecular weight excluding hydrogens is 389 g/mol. The van der Waals surface area contributed by atoms with Gasteiger partial charge in [0.2, 0.25) is 0 Å². The number of pyridine rings is 1. The van der Waals surface area contributed by atoms with Crippen LogP contribution in [0.25, 0.3) is 27.7 Å². The highest BCUT2D eigenvalue weighted by atomic mass is 35.5. The smallest absolute Gasteiger partial charge is 0.137 e. The molecule has 0 atom stereocenters. The predicted octanol–water partition coefficient (Wildman–Crippen LogP) is 4.61. The van der Waals surface area contributed by atoms with Crippen molar-refractivity contribution in [2.75, 3.05) is 20.1 Å². The van der Waals surface area contributed by atoms with Crippen molar-refractivity contribution in [2.24, 2.45) is 0 Å². The number of rotatable bonds is 5. The number of fused-ring (bicyclic) bond motifs is 1. The number of nitrogens with one attached hydrogen (secondary N) is 3. The van der Waals surface area contributed by atoms with Gasteiger partial charge in [-0.3, -0.25) is 5.41 Å². The van der Waals surface area contributed by atoms with Crippen molar-refractivity contribution >= 4 is 33.4 Å². The maximum atomic E-state index is 13.7. The van der Waals surface area contributed by atoms with Crippen LogP contribution in [0.5, 0.6) is 0 Å². The lowest BCUT2D eigenvalue weighted by Crippen LogP contribution is -2.39. The summed E-state index contributed by atoms with van der Waals surface area (Å²) in [7, 11) is 2.12. The van der Waals surface area contributed by atoms with Gasteiger partial charge in [0, 0.05) is 46.7 Å². The molecule has 0 saturated carbocycles. The molecule has 2 aromatic heterocycles. The molecule has 29 heavy (non-hydrogen) atoms. The standard InChI is InChI=1S/C22H23ClFN5/c1-29-7-5-17(6-8-29)26-13-20(21(23)25)15-10-18-19(12-28-22(18)27-11-15)14-3-2-4-16(24)9-14/h2-4,9-13,17,25-26H,5-8H2,1H3,(H,27,28)/b20-13-,25-21?. The SMILES string of the molecule is CN1CCC(N/C=C(\C(=N)Cl)c2cnc3[nH]cc(-c4cccc(F)c4)c3c2)CC1. The molecule has 4 rings (SSSR count). The molecule has 0 bridgehead atoms. The number of aromatic amines is 1. The summed E-state index contributed by atoms with van der Waals surface area (Å²) in [5.41, 5.74) is 3.67. The van der Waals surface area contributed by atoms with Gasteiger partial charge < -0.3 is 15.2 Å². The number of benzene rings is 1. The number of piperidine rings is 1. The third kappa shape index (κ3) is 4.33. The van der Waals surface area contributed by atoms with E-state index in [2.05, 4.69) is 27.2 Å². The van der Waals surface area contributed by atoms with Gasteiger partial charge in [0.1, 0.15) is 16.6 Å². The van der Waals surface area contributed by atoms with Crippen LogP contribution >= 0.6 is 11.6 Å². The molecule has 150 valence electrons. The predicted molar refractivity (Wildman–Crippen MR) is 117 cm³/mol. The Bertz CT molecular complexity index is 1070. The Morgan fingerprint density at radius 1 is 1.34 bits per heavy atom.